The van der Waals surface area contributed by atoms with E-state index in [4.69, 9.17) is 4.74 Å². The molecule has 0 atom stereocenters. The van der Waals surface area contributed by atoms with Gasteiger partial charge in [-0.3, -0.25) is 14.9 Å². The minimum Gasteiger partial charge on any atom is -0.493 e. The molecule has 2 aliphatic rings. The molecule has 32 heavy (non-hydrogen) atoms. The number of hydrogen-bond acceptors (Lipinski definition) is 5. The van der Waals surface area contributed by atoms with E-state index in [2.05, 4.69) is 0 Å². The van der Waals surface area contributed by atoms with Crippen molar-refractivity contribution in [3.63, 3.8) is 0 Å². The van der Waals surface area contributed by atoms with Gasteiger partial charge in [0.25, 0.3) is 5.69 Å². The fraction of sp³-hybridized carbons (Fsp3) is 0.318. The Morgan fingerprint density at radius 2 is 1.84 bits per heavy atom. The Hall–Kier alpha value is -3.56. The van der Waals surface area contributed by atoms with E-state index < -0.39 is 22.4 Å². The van der Waals surface area contributed by atoms with Crippen LogP contribution >= 0.6 is 0 Å². The fourth-order valence-corrected chi connectivity index (χ4v) is 3.86. The average Bonchev–Trinajstić information content (AvgIpc) is 3.24. The zero-order chi connectivity index (χ0) is 22.9. The van der Waals surface area contributed by atoms with Crippen molar-refractivity contribution in [1.29, 1.82) is 0 Å². The molecule has 1 amide bonds. The van der Waals surface area contributed by atoms with Crippen molar-refractivity contribution in [3.05, 3.63) is 69.3 Å². The first-order valence-corrected chi connectivity index (χ1v) is 10.1. The molecular weight excluding hydrogens is 427 g/mol. The zero-order valence-corrected chi connectivity index (χ0v) is 17.0. The van der Waals surface area contributed by atoms with E-state index in [1.165, 1.54) is 6.08 Å². The lowest BCUT2D eigenvalue weighted by Gasteiger charge is -2.35. The quantitative estimate of drug-likeness (QED) is 0.404. The lowest BCUT2D eigenvalue weighted by Crippen LogP contribution is -2.48. The van der Waals surface area contributed by atoms with Crippen LogP contribution < -0.4 is 9.64 Å². The number of alkyl halides is 3. The van der Waals surface area contributed by atoms with Gasteiger partial charge in [-0.15, -0.1) is 0 Å². The van der Waals surface area contributed by atoms with Crippen LogP contribution in [0, 0.1) is 10.1 Å². The van der Waals surface area contributed by atoms with Crippen LogP contribution in [-0.2, 0) is 17.4 Å². The topological polar surface area (TPSA) is 75.9 Å². The molecular formula is C22H20F3N3O4. The van der Waals surface area contributed by atoms with Crippen LogP contribution in [0.3, 0.4) is 0 Å². The van der Waals surface area contributed by atoms with E-state index in [1.807, 2.05) is 18.2 Å². The predicted molar refractivity (Wildman–Crippen MR) is 112 cm³/mol. The predicted octanol–water partition coefficient (Wildman–Crippen LogP) is 3.91. The molecule has 0 radical (unpaired) electrons. The summed E-state index contributed by atoms with van der Waals surface area (Å²) >= 11 is 0. The number of rotatable bonds is 4. The van der Waals surface area contributed by atoms with Crippen LogP contribution in [0.5, 0.6) is 5.75 Å². The number of anilines is 1. The minimum absolute atomic E-state index is 0.117. The molecule has 10 heteroatoms. The van der Waals surface area contributed by atoms with E-state index >= 15 is 0 Å². The van der Waals surface area contributed by atoms with Gasteiger partial charge in [0.15, 0.2) is 0 Å². The second-order valence-corrected chi connectivity index (χ2v) is 7.57. The number of fused-ring (bicyclic) bond motifs is 1. The number of hydrogen-bond donors (Lipinski definition) is 0. The third kappa shape index (κ3) is 4.53. The van der Waals surface area contributed by atoms with Gasteiger partial charge in [0.05, 0.1) is 17.1 Å². The molecule has 0 aliphatic carbocycles. The SMILES string of the molecule is O=C(/C=C/c1ccc2c(c1)CCO2)N1CCN(c2ccc(C(F)(F)F)cc2[N+](=O)[O-])CC1. The molecule has 4 rings (SSSR count). The van der Waals surface area contributed by atoms with E-state index in [0.29, 0.717) is 25.8 Å². The van der Waals surface area contributed by atoms with Gasteiger partial charge in [0.1, 0.15) is 11.4 Å². The second-order valence-electron chi connectivity index (χ2n) is 7.57. The van der Waals surface area contributed by atoms with Gasteiger partial charge in [0.2, 0.25) is 5.91 Å². The Morgan fingerprint density at radius 1 is 1.09 bits per heavy atom. The van der Waals surface area contributed by atoms with Crippen molar-refractivity contribution in [2.45, 2.75) is 12.6 Å². The number of carbonyl (C=O) groups is 1. The van der Waals surface area contributed by atoms with Crippen LogP contribution in [0.1, 0.15) is 16.7 Å². The van der Waals surface area contributed by atoms with Crippen LogP contribution in [-0.4, -0.2) is 48.5 Å². The number of nitro groups is 1. The molecule has 0 bridgehead atoms. The van der Waals surface area contributed by atoms with Gasteiger partial charge >= 0.3 is 6.18 Å². The van der Waals surface area contributed by atoms with E-state index in [-0.39, 0.29) is 24.7 Å². The Kier molecular flexibility index (Phi) is 5.77. The molecule has 2 aromatic rings. The number of halogens is 3. The second kappa shape index (κ2) is 8.52. The summed E-state index contributed by atoms with van der Waals surface area (Å²) in [5, 5.41) is 11.3. The third-order valence-electron chi connectivity index (χ3n) is 5.56. The van der Waals surface area contributed by atoms with Gasteiger partial charge in [-0.2, -0.15) is 13.2 Å². The summed E-state index contributed by atoms with van der Waals surface area (Å²) in [6.45, 7) is 1.82. The normalized spacial score (nSPS) is 16.2. The van der Waals surface area contributed by atoms with Gasteiger partial charge < -0.3 is 14.5 Å². The Labute approximate surface area is 181 Å². The van der Waals surface area contributed by atoms with Crippen molar-refractivity contribution < 1.29 is 27.6 Å². The summed E-state index contributed by atoms with van der Waals surface area (Å²) in [6, 6.07) is 8.24. The lowest BCUT2D eigenvalue weighted by molar-refractivity contribution is -0.384. The monoisotopic (exact) mass is 447 g/mol. The molecule has 0 N–H and O–H groups in total. The fourth-order valence-electron chi connectivity index (χ4n) is 3.86. The summed E-state index contributed by atoms with van der Waals surface area (Å²) < 4.78 is 44.2. The molecule has 1 saturated heterocycles. The first-order valence-electron chi connectivity index (χ1n) is 10.1. The highest BCUT2D eigenvalue weighted by molar-refractivity contribution is 5.92. The Morgan fingerprint density at radius 3 is 2.53 bits per heavy atom. The van der Waals surface area contributed by atoms with Crippen LogP contribution in [0.25, 0.3) is 6.08 Å². The standard InChI is InChI=1S/C22H20F3N3O4/c23-22(24,25)17-3-4-18(19(14-17)28(30)31)26-8-10-27(11-9-26)21(29)6-2-15-1-5-20-16(13-15)7-12-32-20/h1-6,13-14H,7-12H2/b6-2+. The maximum absolute atomic E-state index is 12.9. The van der Waals surface area contributed by atoms with E-state index in [0.717, 1.165) is 35.4 Å². The summed E-state index contributed by atoms with van der Waals surface area (Å²) in [4.78, 5) is 26.3. The summed E-state index contributed by atoms with van der Waals surface area (Å²) in [5.41, 5.74) is 0.448. The molecule has 2 aliphatic heterocycles. The van der Waals surface area contributed by atoms with Gasteiger partial charge in [-0.05, 0) is 41.5 Å². The molecule has 0 spiro atoms. The highest BCUT2D eigenvalue weighted by Crippen LogP contribution is 2.36. The number of nitro benzene ring substituents is 1. The number of piperazine rings is 1. The van der Waals surface area contributed by atoms with Crippen molar-refractivity contribution >= 4 is 23.4 Å². The molecule has 0 unspecified atom stereocenters. The molecule has 2 heterocycles. The van der Waals surface area contributed by atoms with Crippen LogP contribution in [0.4, 0.5) is 24.5 Å². The average molecular weight is 447 g/mol. The van der Waals surface area contributed by atoms with Crippen molar-refractivity contribution in [2.24, 2.45) is 0 Å². The highest BCUT2D eigenvalue weighted by Gasteiger charge is 2.34. The molecule has 7 nitrogen and oxygen atoms in total. The minimum atomic E-state index is -4.66. The maximum Gasteiger partial charge on any atom is 0.416 e. The lowest BCUT2D eigenvalue weighted by atomic mass is 10.1. The summed E-state index contributed by atoms with van der Waals surface area (Å²) in [5.74, 6) is 0.672. The molecule has 168 valence electrons. The largest absolute Gasteiger partial charge is 0.493 e. The molecule has 1 fully saturated rings. The van der Waals surface area contributed by atoms with Gasteiger partial charge in [0, 0.05) is 44.7 Å². The Bertz CT molecular complexity index is 1080. The first kappa shape index (κ1) is 21.7. The molecule has 0 saturated carbocycles. The third-order valence-corrected chi connectivity index (χ3v) is 5.56. The van der Waals surface area contributed by atoms with Crippen molar-refractivity contribution in [3.8, 4) is 5.75 Å². The summed E-state index contributed by atoms with van der Waals surface area (Å²) in [7, 11) is 0. The number of carbonyl (C=O) groups excluding carboxylic acids is 1. The van der Waals surface area contributed by atoms with E-state index in [1.54, 1.807) is 15.9 Å². The number of nitrogens with zero attached hydrogens (tertiary/aromatic N) is 3. The zero-order valence-electron chi connectivity index (χ0n) is 17.0. The number of ether oxygens (including phenoxy) is 1. The van der Waals surface area contributed by atoms with Gasteiger partial charge in [-0.1, -0.05) is 6.07 Å². The number of benzene rings is 2. The van der Waals surface area contributed by atoms with Crippen molar-refractivity contribution in [2.75, 3.05) is 37.7 Å². The number of amides is 1. The molecule has 0 aromatic heterocycles. The summed E-state index contributed by atoms with van der Waals surface area (Å²) in [6.07, 6.45) is -0.614. The van der Waals surface area contributed by atoms with E-state index in [9.17, 15) is 28.1 Å². The first-order chi connectivity index (χ1) is 15.2. The van der Waals surface area contributed by atoms with Crippen LogP contribution in [0.15, 0.2) is 42.5 Å². The van der Waals surface area contributed by atoms with Crippen LogP contribution in [0.2, 0.25) is 0 Å². The Balaban J connectivity index is 1.40. The maximum atomic E-state index is 12.9. The smallest absolute Gasteiger partial charge is 0.416 e. The highest BCUT2D eigenvalue weighted by atomic mass is 19.4. The molecule has 2 aromatic carbocycles. The van der Waals surface area contributed by atoms with Gasteiger partial charge in [-0.25, -0.2) is 0 Å². The van der Waals surface area contributed by atoms with Crippen molar-refractivity contribution in [1.82, 2.24) is 4.90 Å².